The van der Waals surface area contributed by atoms with Crippen LogP contribution in [0.1, 0.15) is 30.5 Å². The van der Waals surface area contributed by atoms with Gasteiger partial charge in [-0.15, -0.1) is 11.3 Å². The van der Waals surface area contributed by atoms with Crippen LogP contribution in [0.5, 0.6) is 0 Å². The van der Waals surface area contributed by atoms with Crippen LogP contribution in [0.4, 0.5) is 0 Å². The fourth-order valence-corrected chi connectivity index (χ4v) is 2.16. The van der Waals surface area contributed by atoms with E-state index in [9.17, 15) is 4.79 Å². The predicted octanol–water partition coefficient (Wildman–Crippen LogP) is 1.67. The summed E-state index contributed by atoms with van der Waals surface area (Å²) in [5.41, 5.74) is 2.63. The number of likely N-dealkylation sites (N-methyl/N-ethyl adjacent to an activating group) is 1. The van der Waals surface area contributed by atoms with Crippen molar-refractivity contribution < 1.29 is 9.53 Å². The molecule has 1 heterocycles. The summed E-state index contributed by atoms with van der Waals surface area (Å²) in [5, 5.41) is 3.11. The van der Waals surface area contributed by atoms with Crippen molar-refractivity contribution in [1.82, 2.24) is 10.3 Å². The van der Waals surface area contributed by atoms with E-state index in [1.165, 1.54) is 11.3 Å². The van der Waals surface area contributed by atoms with Crippen LogP contribution < -0.4 is 5.32 Å². The third-order valence-electron chi connectivity index (χ3n) is 1.98. The zero-order chi connectivity index (χ0) is 11.3. The molecule has 1 N–H and O–H groups in total. The highest BCUT2D eigenvalue weighted by Crippen LogP contribution is 2.22. The van der Waals surface area contributed by atoms with Gasteiger partial charge in [0.2, 0.25) is 0 Å². The molecule has 1 aromatic rings. The number of hydrogen-bond donors (Lipinski definition) is 1. The second-order valence-electron chi connectivity index (χ2n) is 3.04. The van der Waals surface area contributed by atoms with Gasteiger partial charge in [-0.05, 0) is 20.4 Å². The van der Waals surface area contributed by atoms with Gasteiger partial charge >= 0.3 is 5.97 Å². The molecule has 1 atom stereocenters. The molecule has 0 aromatic carbocycles. The van der Waals surface area contributed by atoms with E-state index in [-0.39, 0.29) is 12.0 Å². The molecule has 0 spiro atoms. The van der Waals surface area contributed by atoms with Gasteiger partial charge in [0, 0.05) is 0 Å². The second kappa shape index (κ2) is 5.82. The van der Waals surface area contributed by atoms with Gasteiger partial charge in [0.25, 0.3) is 0 Å². The standard InChI is InChI=1S/C10H16N2O2S/c1-4-11-8(10(13)14-5-2)9-7(3)12-6-15-9/h6,8,11H,4-5H2,1-3H3. The number of aromatic nitrogens is 1. The molecule has 4 nitrogen and oxygen atoms in total. The highest BCUT2D eigenvalue weighted by Gasteiger charge is 2.24. The van der Waals surface area contributed by atoms with Gasteiger partial charge in [0.05, 0.1) is 22.7 Å². The van der Waals surface area contributed by atoms with E-state index in [2.05, 4.69) is 10.3 Å². The fourth-order valence-electron chi connectivity index (χ4n) is 1.30. The maximum Gasteiger partial charge on any atom is 0.328 e. The highest BCUT2D eigenvalue weighted by molar-refractivity contribution is 7.10. The largest absolute Gasteiger partial charge is 0.465 e. The molecule has 15 heavy (non-hydrogen) atoms. The summed E-state index contributed by atoms with van der Waals surface area (Å²) in [6, 6.07) is -0.373. The van der Waals surface area contributed by atoms with Crippen molar-refractivity contribution in [3.8, 4) is 0 Å². The van der Waals surface area contributed by atoms with Crippen molar-refractivity contribution in [2.75, 3.05) is 13.2 Å². The quantitative estimate of drug-likeness (QED) is 0.779. The Bertz CT molecular complexity index is 325. The number of rotatable bonds is 5. The smallest absolute Gasteiger partial charge is 0.328 e. The minimum atomic E-state index is -0.373. The first-order valence-corrected chi connectivity index (χ1v) is 5.88. The lowest BCUT2D eigenvalue weighted by Gasteiger charge is -2.15. The van der Waals surface area contributed by atoms with Crippen LogP contribution in [-0.4, -0.2) is 24.1 Å². The number of thiazole rings is 1. The average Bonchev–Trinajstić information content (AvgIpc) is 2.61. The molecule has 1 unspecified atom stereocenters. The molecule has 0 radical (unpaired) electrons. The summed E-state index contributed by atoms with van der Waals surface area (Å²) in [5.74, 6) is -0.230. The molecule has 0 aliphatic carbocycles. The van der Waals surface area contributed by atoms with Crippen LogP contribution in [0.2, 0.25) is 0 Å². The molecule has 0 aliphatic rings. The lowest BCUT2D eigenvalue weighted by Crippen LogP contribution is -2.29. The molecule has 1 rings (SSSR count). The minimum Gasteiger partial charge on any atom is -0.465 e. The number of nitrogens with zero attached hydrogens (tertiary/aromatic N) is 1. The zero-order valence-corrected chi connectivity index (χ0v) is 10.1. The SMILES string of the molecule is CCNC(C(=O)OCC)c1scnc1C. The number of carbonyl (C=O) groups is 1. The molecule has 0 amide bonds. The first kappa shape index (κ1) is 12.1. The van der Waals surface area contributed by atoms with E-state index in [1.807, 2.05) is 13.8 Å². The molecule has 0 bridgehead atoms. The Morgan fingerprint density at radius 3 is 2.87 bits per heavy atom. The third-order valence-corrected chi connectivity index (χ3v) is 2.97. The summed E-state index contributed by atoms with van der Waals surface area (Å²) in [4.78, 5) is 16.8. The Balaban J connectivity index is 2.83. The molecular weight excluding hydrogens is 212 g/mol. The van der Waals surface area contributed by atoms with Crippen LogP contribution in [0, 0.1) is 6.92 Å². The van der Waals surface area contributed by atoms with Gasteiger partial charge in [0.1, 0.15) is 6.04 Å². The Morgan fingerprint density at radius 2 is 2.40 bits per heavy atom. The minimum absolute atomic E-state index is 0.230. The van der Waals surface area contributed by atoms with Crippen molar-refractivity contribution in [2.45, 2.75) is 26.8 Å². The summed E-state index contributed by atoms with van der Waals surface area (Å²) in [7, 11) is 0. The summed E-state index contributed by atoms with van der Waals surface area (Å²) < 4.78 is 5.01. The van der Waals surface area contributed by atoms with E-state index in [0.29, 0.717) is 6.61 Å². The molecule has 0 fully saturated rings. The van der Waals surface area contributed by atoms with Crippen molar-refractivity contribution in [3.63, 3.8) is 0 Å². The Morgan fingerprint density at radius 1 is 1.67 bits per heavy atom. The summed E-state index contributed by atoms with van der Waals surface area (Å²) >= 11 is 1.48. The number of nitrogens with one attached hydrogen (secondary N) is 1. The molecule has 0 saturated carbocycles. The Hall–Kier alpha value is -0.940. The maximum absolute atomic E-state index is 11.7. The predicted molar refractivity (Wildman–Crippen MR) is 59.9 cm³/mol. The van der Waals surface area contributed by atoms with Gasteiger partial charge in [0.15, 0.2) is 0 Å². The van der Waals surface area contributed by atoms with E-state index in [1.54, 1.807) is 12.4 Å². The molecule has 0 saturated heterocycles. The van der Waals surface area contributed by atoms with E-state index in [4.69, 9.17) is 4.74 Å². The number of hydrogen-bond acceptors (Lipinski definition) is 5. The lowest BCUT2D eigenvalue weighted by molar-refractivity contribution is -0.145. The third kappa shape index (κ3) is 3.00. The van der Waals surface area contributed by atoms with Crippen LogP contribution >= 0.6 is 11.3 Å². The highest BCUT2D eigenvalue weighted by atomic mass is 32.1. The molecule has 84 valence electrons. The molecule has 0 aliphatic heterocycles. The van der Waals surface area contributed by atoms with Gasteiger partial charge in [-0.25, -0.2) is 9.78 Å². The van der Waals surface area contributed by atoms with E-state index >= 15 is 0 Å². The van der Waals surface area contributed by atoms with Crippen LogP contribution in [-0.2, 0) is 9.53 Å². The molecule has 1 aromatic heterocycles. The van der Waals surface area contributed by atoms with E-state index in [0.717, 1.165) is 17.1 Å². The van der Waals surface area contributed by atoms with Gasteiger partial charge < -0.3 is 10.1 Å². The average molecular weight is 228 g/mol. The van der Waals surface area contributed by atoms with Gasteiger partial charge in [-0.3, -0.25) is 0 Å². The number of aryl methyl sites for hydroxylation is 1. The summed E-state index contributed by atoms with van der Waals surface area (Å²) in [6.07, 6.45) is 0. The number of ether oxygens (including phenoxy) is 1. The fraction of sp³-hybridized carbons (Fsp3) is 0.600. The summed E-state index contributed by atoms with van der Waals surface area (Å²) in [6.45, 7) is 6.79. The number of carbonyl (C=O) groups excluding carboxylic acids is 1. The van der Waals surface area contributed by atoms with Crippen molar-refractivity contribution in [2.24, 2.45) is 0 Å². The monoisotopic (exact) mass is 228 g/mol. The second-order valence-corrected chi connectivity index (χ2v) is 3.93. The van der Waals surface area contributed by atoms with Crippen LogP contribution in [0.3, 0.4) is 0 Å². The van der Waals surface area contributed by atoms with Crippen molar-refractivity contribution in [3.05, 3.63) is 16.1 Å². The zero-order valence-electron chi connectivity index (χ0n) is 9.24. The number of esters is 1. The molecule has 5 heteroatoms. The van der Waals surface area contributed by atoms with Crippen molar-refractivity contribution >= 4 is 17.3 Å². The lowest BCUT2D eigenvalue weighted by atomic mass is 10.2. The van der Waals surface area contributed by atoms with Crippen molar-refractivity contribution in [1.29, 1.82) is 0 Å². The first-order valence-electron chi connectivity index (χ1n) is 5.00. The Labute approximate surface area is 93.7 Å². The first-order chi connectivity index (χ1) is 7.20. The molecular formula is C10H16N2O2S. The van der Waals surface area contributed by atoms with Crippen LogP contribution in [0.25, 0.3) is 0 Å². The van der Waals surface area contributed by atoms with Gasteiger partial charge in [-0.2, -0.15) is 0 Å². The maximum atomic E-state index is 11.7. The normalized spacial score (nSPS) is 12.5. The topological polar surface area (TPSA) is 51.2 Å². The Kier molecular flexibility index (Phi) is 4.71. The van der Waals surface area contributed by atoms with Crippen LogP contribution in [0.15, 0.2) is 5.51 Å². The van der Waals surface area contributed by atoms with E-state index < -0.39 is 0 Å². The van der Waals surface area contributed by atoms with Gasteiger partial charge in [-0.1, -0.05) is 6.92 Å².